The first-order chi connectivity index (χ1) is 14.0. The van der Waals surface area contributed by atoms with Crippen LogP contribution in [0.4, 0.5) is 0 Å². The zero-order valence-corrected chi connectivity index (χ0v) is 22.9. The van der Waals surface area contributed by atoms with Crippen LogP contribution in [0.15, 0.2) is 72.9 Å². The van der Waals surface area contributed by atoms with E-state index in [1.165, 1.54) is 0 Å². The Balaban J connectivity index is 0. The third kappa shape index (κ3) is 11.8. The van der Waals surface area contributed by atoms with Crippen molar-refractivity contribution >= 4 is 29.1 Å². The molecule has 2 aromatic carbocycles. The molecule has 1 heterocycles. The molecule has 0 aliphatic rings. The Morgan fingerprint density at radius 1 is 0.656 bits per heavy atom. The van der Waals surface area contributed by atoms with Gasteiger partial charge in [0.05, 0.1) is 0 Å². The molecule has 0 aliphatic carbocycles. The Hall–Kier alpha value is -1.65. The summed E-state index contributed by atoms with van der Waals surface area (Å²) in [6.07, 6.45) is 1.79. The van der Waals surface area contributed by atoms with Gasteiger partial charge in [0, 0.05) is 0 Å². The molecule has 0 saturated carbocycles. The van der Waals surface area contributed by atoms with Crippen molar-refractivity contribution in [3.63, 3.8) is 0 Å². The molecule has 32 heavy (non-hydrogen) atoms. The molecule has 3 aromatic rings. The summed E-state index contributed by atoms with van der Waals surface area (Å²) in [5, 5.41) is 18.9. The van der Waals surface area contributed by atoms with Crippen molar-refractivity contribution in [2.24, 2.45) is 0 Å². The number of phenols is 2. The summed E-state index contributed by atoms with van der Waals surface area (Å²) < 4.78 is 1.97. The SMILES string of the molecule is CC(C)(C)c1ccccc1O.CC(C)(C)c1ccccc1O.Cl.Cl.[Ti]=[CH]c1ccccn1. The van der Waals surface area contributed by atoms with Gasteiger partial charge in [-0.3, -0.25) is 0 Å². The number of halogens is 2. The summed E-state index contributed by atoms with van der Waals surface area (Å²) in [4.78, 5) is 4.04. The van der Waals surface area contributed by atoms with Crippen LogP contribution in [0, 0.1) is 0 Å². The molecule has 0 radical (unpaired) electrons. The number of para-hydroxylation sites is 2. The molecule has 0 unspecified atom stereocenters. The molecule has 3 nitrogen and oxygen atoms in total. The van der Waals surface area contributed by atoms with Crippen LogP contribution in [0.5, 0.6) is 11.5 Å². The summed E-state index contributed by atoms with van der Waals surface area (Å²) >= 11 is 1.97. The average molecular weight is 512 g/mol. The van der Waals surface area contributed by atoms with Crippen molar-refractivity contribution in [2.45, 2.75) is 52.4 Å². The number of benzene rings is 2. The molecule has 0 amide bonds. The predicted molar refractivity (Wildman–Crippen MR) is 138 cm³/mol. The fourth-order valence-electron chi connectivity index (χ4n) is 2.68. The van der Waals surface area contributed by atoms with Gasteiger partial charge in [0.2, 0.25) is 0 Å². The summed E-state index contributed by atoms with van der Waals surface area (Å²) in [5.41, 5.74) is 3.10. The molecule has 3 rings (SSSR count). The van der Waals surface area contributed by atoms with Crippen LogP contribution in [0.2, 0.25) is 0 Å². The second-order valence-electron chi connectivity index (χ2n) is 8.93. The topological polar surface area (TPSA) is 53.4 Å². The Bertz CT molecular complexity index is 865. The van der Waals surface area contributed by atoms with E-state index in [-0.39, 0.29) is 35.6 Å². The standard InChI is InChI=1S/2C10H14O.C6H5N.2ClH.Ti/c2*1-10(2,3)8-6-4-5-7-9(8)11;1-6-4-2-3-5-7-6;;;/h2*4-7,11H,1-3H3;1-5H;2*1H;. The molecular formula is C26H35Cl2NO2Ti. The van der Waals surface area contributed by atoms with E-state index in [9.17, 15) is 10.2 Å². The molecule has 6 heteroatoms. The van der Waals surface area contributed by atoms with Crippen molar-refractivity contribution < 1.29 is 30.2 Å². The normalized spacial score (nSPS) is 10.0. The van der Waals surface area contributed by atoms with Gasteiger partial charge in [0.25, 0.3) is 0 Å². The van der Waals surface area contributed by atoms with Gasteiger partial charge < -0.3 is 10.2 Å². The molecule has 0 bridgehead atoms. The van der Waals surface area contributed by atoms with Gasteiger partial charge in [-0.05, 0) is 34.1 Å². The van der Waals surface area contributed by atoms with Crippen LogP contribution in [-0.2, 0) is 30.8 Å². The van der Waals surface area contributed by atoms with E-state index in [1.807, 2.05) is 78.9 Å². The molecule has 0 atom stereocenters. The zero-order chi connectivity index (χ0) is 22.8. The first-order valence-electron chi connectivity index (χ1n) is 9.95. The summed E-state index contributed by atoms with van der Waals surface area (Å²) in [7, 11) is 0. The van der Waals surface area contributed by atoms with Crippen molar-refractivity contribution in [3.05, 3.63) is 89.7 Å². The summed E-state index contributed by atoms with van der Waals surface area (Å²) in [6, 6.07) is 20.8. The molecule has 1 aromatic heterocycles. The van der Waals surface area contributed by atoms with Gasteiger partial charge in [-0.2, -0.15) is 0 Å². The summed E-state index contributed by atoms with van der Waals surface area (Å²) in [6.45, 7) is 12.5. The number of pyridine rings is 1. The maximum absolute atomic E-state index is 9.45. The second-order valence-corrected chi connectivity index (χ2v) is 9.38. The minimum atomic E-state index is 0. The Morgan fingerprint density at radius 2 is 1.03 bits per heavy atom. The minimum absolute atomic E-state index is 0. The van der Waals surface area contributed by atoms with E-state index >= 15 is 0 Å². The molecule has 0 aliphatic heterocycles. The van der Waals surface area contributed by atoms with Crippen molar-refractivity contribution in [1.82, 2.24) is 4.98 Å². The monoisotopic (exact) mass is 511 g/mol. The third-order valence-electron chi connectivity index (χ3n) is 4.26. The molecule has 2 N–H and O–H groups in total. The molecule has 0 spiro atoms. The fraction of sp³-hybridized carbons (Fsp3) is 0.308. The molecule has 0 fully saturated rings. The van der Waals surface area contributed by atoms with E-state index < -0.39 is 0 Å². The second kappa shape index (κ2) is 15.2. The fourth-order valence-corrected chi connectivity index (χ4v) is 2.94. The Morgan fingerprint density at radius 3 is 1.25 bits per heavy atom. The van der Waals surface area contributed by atoms with Crippen molar-refractivity contribution in [2.75, 3.05) is 0 Å². The van der Waals surface area contributed by atoms with Crippen LogP contribution in [0.1, 0.15) is 58.4 Å². The van der Waals surface area contributed by atoms with Gasteiger partial charge in [0.15, 0.2) is 0 Å². The predicted octanol–water partition coefficient (Wildman–Crippen LogP) is 7.00. The van der Waals surface area contributed by atoms with Gasteiger partial charge in [0.1, 0.15) is 11.5 Å². The number of nitrogens with zero attached hydrogens (tertiary/aromatic N) is 1. The van der Waals surface area contributed by atoms with Gasteiger partial charge in [-0.15, -0.1) is 24.8 Å². The number of phenolic OH excluding ortho intramolecular Hbond substituents is 2. The van der Waals surface area contributed by atoms with E-state index in [4.69, 9.17) is 0 Å². The average Bonchev–Trinajstić information content (AvgIpc) is 2.68. The van der Waals surface area contributed by atoms with Gasteiger partial charge in [-0.1, -0.05) is 77.9 Å². The molecular weight excluding hydrogens is 477 g/mol. The quantitative estimate of drug-likeness (QED) is 0.345. The van der Waals surface area contributed by atoms with E-state index in [2.05, 4.69) is 46.5 Å². The van der Waals surface area contributed by atoms with Gasteiger partial charge >= 0.3 is 59.4 Å². The number of rotatable bonds is 1. The third-order valence-corrected chi connectivity index (χ3v) is 4.72. The first kappa shape index (κ1) is 32.5. The molecule has 0 saturated heterocycles. The van der Waals surface area contributed by atoms with Crippen LogP contribution in [-0.4, -0.2) is 19.5 Å². The van der Waals surface area contributed by atoms with Crippen LogP contribution in [0.3, 0.4) is 0 Å². The van der Waals surface area contributed by atoms with Crippen LogP contribution in [0.25, 0.3) is 0 Å². The van der Waals surface area contributed by atoms with E-state index in [0.29, 0.717) is 11.5 Å². The van der Waals surface area contributed by atoms with Crippen molar-refractivity contribution in [3.8, 4) is 11.5 Å². The van der Waals surface area contributed by atoms with Crippen LogP contribution < -0.4 is 0 Å². The maximum atomic E-state index is 9.45. The number of hydrogen-bond acceptors (Lipinski definition) is 3. The summed E-state index contributed by atoms with van der Waals surface area (Å²) in [5.74, 6) is 0.778. The number of aromatic hydroxyl groups is 2. The van der Waals surface area contributed by atoms with Gasteiger partial charge in [-0.25, -0.2) is 0 Å². The number of hydrogen-bond donors (Lipinski definition) is 2. The molecule has 174 valence electrons. The first-order valence-corrected chi connectivity index (χ1v) is 10.9. The number of aromatic nitrogens is 1. The van der Waals surface area contributed by atoms with E-state index in [1.54, 1.807) is 18.3 Å². The Kier molecular flexibility index (Phi) is 15.5. The Labute approximate surface area is 217 Å². The van der Waals surface area contributed by atoms with Crippen LogP contribution >= 0.6 is 24.8 Å². The zero-order valence-electron chi connectivity index (χ0n) is 19.7. The van der Waals surface area contributed by atoms with E-state index in [0.717, 1.165) is 16.8 Å². The van der Waals surface area contributed by atoms with Crippen molar-refractivity contribution in [1.29, 1.82) is 0 Å².